The molecule has 0 spiro atoms. The van der Waals surface area contributed by atoms with Gasteiger partial charge < -0.3 is 16.4 Å². The molecule has 0 heterocycles. The van der Waals surface area contributed by atoms with Crippen molar-refractivity contribution >= 4 is 0 Å². The van der Waals surface area contributed by atoms with Crippen LogP contribution in [0.5, 0.6) is 0 Å². The molecule has 0 amide bonds. The van der Waals surface area contributed by atoms with Gasteiger partial charge in [-0.15, -0.1) is 0 Å². The van der Waals surface area contributed by atoms with Gasteiger partial charge in [0.15, 0.2) is 0 Å². The second kappa shape index (κ2) is 13.5. The summed E-state index contributed by atoms with van der Waals surface area (Å²) in [6, 6.07) is 0.767. The molecule has 4 aliphatic rings. The van der Waals surface area contributed by atoms with Crippen LogP contribution < -0.4 is 16.4 Å². The maximum atomic E-state index is 5.59. The fourth-order valence-electron chi connectivity index (χ4n) is 10.5. The molecule has 0 aromatic heterocycles. The van der Waals surface area contributed by atoms with Crippen LogP contribution in [-0.4, -0.2) is 32.2 Å². The van der Waals surface area contributed by atoms with Crippen LogP contribution in [0.1, 0.15) is 131 Å². The summed E-state index contributed by atoms with van der Waals surface area (Å²) in [7, 11) is 0. The van der Waals surface area contributed by atoms with Gasteiger partial charge in [-0.25, -0.2) is 0 Å². The highest BCUT2D eigenvalue weighted by Crippen LogP contribution is 2.68. The van der Waals surface area contributed by atoms with Gasteiger partial charge in [0.2, 0.25) is 0 Å². The molecule has 37 heavy (non-hydrogen) atoms. The summed E-state index contributed by atoms with van der Waals surface area (Å²) in [4.78, 5) is 0. The molecule has 4 aliphatic carbocycles. The van der Waals surface area contributed by atoms with Crippen molar-refractivity contribution in [3.8, 4) is 0 Å². The van der Waals surface area contributed by atoms with Crippen LogP contribution in [0, 0.1) is 52.3 Å². The van der Waals surface area contributed by atoms with Gasteiger partial charge in [0, 0.05) is 6.04 Å². The second-order valence-corrected chi connectivity index (χ2v) is 15.2. The quantitative estimate of drug-likeness (QED) is 0.207. The third kappa shape index (κ3) is 6.79. The van der Waals surface area contributed by atoms with E-state index in [9.17, 15) is 0 Å². The van der Waals surface area contributed by atoms with Crippen molar-refractivity contribution in [1.29, 1.82) is 0 Å². The lowest BCUT2D eigenvalue weighted by Crippen LogP contribution is -2.55. The highest BCUT2D eigenvalue weighted by Gasteiger charge is 2.60. The van der Waals surface area contributed by atoms with Crippen LogP contribution in [0.15, 0.2) is 0 Å². The Hall–Kier alpha value is -0.120. The highest BCUT2D eigenvalue weighted by molar-refractivity contribution is 5.10. The number of unbranched alkanes of at least 4 members (excludes halogenated alkanes) is 1. The van der Waals surface area contributed by atoms with E-state index in [2.05, 4.69) is 45.3 Å². The first-order chi connectivity index (χ1) is 17.8. The number of nitrogens with two attached hydrogens (primary N) is 1. The van der Waals surface area contributed by atoms with E-state index in [-0.39, 0.29) is 0 Å². The Labute approximate surface area is 231 Å². The van der Waals surface area contributed by atoms with E-state index >= 15 is 0 Å². The van der Waals surface area contributed by atoms with E-state index in [1.165, 1.54) is 83.6 Å². The van der Waals surface area contributed by atoms with Gasteiger partial charge in [0.25, 0.3) is 0 Å². The lowest BCUT2D eigenvalue weighted by atomic mass is 9.44. The molecule has 4 N–H and O–H groups in total. The van der Waals surface area contributed by atoms with E-state index in [1.807, 2.05) is 0 Å². The molecule has 3 heteroatoms. The molecule has 4 unspecified atom stereocenters. The molecule has 3 nitrogen and oxygen atoms in total. The van der Waals surface area contributed by atoms with Crippen LogP contribution in [0.2, 0.25) is 0 Å². The molecule has 0 bridgehead atoms. The lowest BCUT2D eigenvalue weighted by Gasteiger charge is -2.61. The zero-order chi connectivity index (χ0) is 26.5. The molecule has 0 saturated heterocycles. The van der Waals surface area contributed by atoms with E-state index in [1.54, 1.807) is 12.8 Å². The van der Waals surface area contributed by atoms with Crippen molar-refractivity contribution in [1.82, 2.24) is 10.6 Å². The van der Waals surface area contributed by atoms with Crippen molar-refractivity contribution in [3.63, 3.8) is 0 Å². The lowest BCUT2D eigenvalue weighted by molar-refractivity contribution is -0.118. The Kier molecular flexibility index (Phi) is 10.9. The molecule has 216 valence electrons. The van der Waals surface area contributed by atoms with Crippen LogP contribution in [0.25, 0.3) is 0 Å². The molecule has 4 fully saturated rings. The van der Waals surface area contributed by atoms with Gasteiger partial charge in [0.1, 0.15) is 0 Å². The largest absolute Gasteiger partial charge is 0.330 e. The van der Waals surface area contributed by atoms with Crippen molar-refractivity contribution in [2.24, 2.45) is 58.0 Å². The van der Waals surface area contributed by atoms with Gasteiger partial charge in [-0.3, -0.25) is 0 Å². The summed E-state index contributed by atoms with van der Waals surface area (Å²) in [6.07, 6.45) is 21.5. The summed E-state index contributed by atoms with van der Waals surface area (Å²) in [5.41, 5.74) is 6.85. The molecule has 0 radical (unpaired) electrons. The third-order valence-corrected chi connectivity index (χ3v) is 12.6. The van der Waals surface area contributed by atoms with Crippen molar-refractivity contribution in [2.75, 3.05) is 26.2 Å². The van der Waals surface area contributed by atoms with Crippen molar-refractivity contribution in [3.05, 3.63) is 0 Å². The normalized spacial score (nSPS) is 40.3. The van der Waals surface area contributed by atoms with Crippen molar-refractivity contribution in [2.45, 2.75) is 137 Å². The topological polar surface area (TPSA) is 50.1 Å². The van der Waals surface area contributed by atoms with E-state index in [4.69, 9.17) is 5.73 Å². The maximum absolute atomic E-state index is 5.59. The van der Waals surface area contributed by atoms with Gasteiger partial charge in [-0.1, -0.05) is 53.9 Å². The number of rotatable bonds is 14. The first kappa shape index (κ1) is 29.9. The molecular weight excluding hydrogens is 450 g/mol. The molecule has 4 rings (SSSR count). The third-order valence-electron chi connectivity index (χ3n) is 12.6. The first-order valence-electron chi connectivity index (χ1n) is 16.9. The highest BCUT2D eigenvalue weighted by atomic mass is 14.9. The zero-order valence-electron chi connectivity index (χ0n) is 25.6. The van der Waals surface area contributed by atoms with Crippen molar-refractivity contribution < 1.29 is 0 Å². The van der Waals surface area contributed by atoms with Crippen LogP contribution in [0.4, 0.5) is 0 Å². The minimum atomic E-state index is 0.619. The summed E-state index contributed by atoms with van der Waals surface area (Å²) >= 11 is 0. The first-order valence-corrected chi connectivity index (χ1v) is 16.9. The van der Waals surface area contributed by atoms with E-state index in [0.29, 0.717) is 10.8 Å². The van der Waals surface area contributed by atoms with Gasteiger partial charge >= 0.3 is 0 Å². The Morgan fingerprint density at radius 1 is 0.757 bits per heavy atom. The molecule has 0 aromatic carbocycles. The Morgan fingerprint density at radius 3 is 2.30 bits per heavy atom. The smallest absolute Gasteiger partial charge is 0.00701 e. The number of nitrogens with one attached hydrogen (secondary N) is 2. The minimum Gasteiger partial charge on any atom is -0.330 e. The van der Waals surface area contributed by atoms with E-state index in [0.717, 1.165) is 73.5 Å². The average Bonchev–Trinajstić information content (AvgIpc) is 3.22. The second-order valence-electron chi connectivity index (χ2n) is 15.2. The summed E-state index contributed by atoms with van der Waals surface area (Å²) in [5, 5.41) is 7.56. The maximum Gasteiger partial charge on any atom is 0.00701 e. The minimum absolute atomic E-state index is 0.619. The van der Waals surface area contributed by atoms with Gasteiger partial charge in [-0.05, 0) is 155 Å². The van der Waals surface area contributed by atoms with E-state index < -0.39 is 0 Å². The van der Waals surface area contributed by atoms with Crippen LogP contribution >= 0.6 is 0 Å². The Balaban J connectivity index is 1.26. The summed E-state index contributed by atoms with van der Waals surface area (Å²) in [6.45, 7) is 17.2. The van der Waals surface area contributed by atoms with Gasteiger partial charge in [0.05, 0.1) is 0 Å². The Morgan fingerprint density at radius 2 is 1.51 bits per heavy atom. The molecular formula is C34H65N3. The zero-order valence-corrected chi connectivity index (χ0v) is 25.6. The summed E-state index contributed by atoms with van der Waals surface area (Å²) in [5.74, 6) is 6.82. The monoisotopic (exact) mass is 516 g/mol. The number of fused-ring (bicyclic) bond motifs is 5. The predicted molar refractivity (Wildman–Crippen MR) is 161 cm³/mol. The van der Waals surface area contributed by atoms with Gasteiger partial charge in [-0.2, -0.15) is 0 Å². The molecule has 0 aliphatic heterocycles. The number of hydrogen-bond acceptors (Lipinski definition) is 3. The molecule has 4 saturated carbocycles. The van der Waals surface area contributed by atoms with Crippen LogP contribution in [-0.2, 0) is 0 Å². The number of hydrogen-bond donors (Lipinski definition) is 3. The predicted octanol–water partition coefficient (Wildman–Crippen LogP) is 7.78. The average molecular weight is 516 g/mol. The Bertz CT molecular complexity index is 678. The summed E-state index contributed by atoms with van der Waals surface area (Å²) < 4.78 is 0. The van der Waals surface area contributed by atoms with Crippen LogP contribution in [0.3, 0.4) is 0 Å². The fraction of sp³-hybridized carbons (Fsp3) is 1.00. The molecule has 0 aromatic rings. The standard InChI is InChI=1S/C34H65N3/c1-25(2)10-8-11-26(3)30-14-15-31-29-13-12-27-24-28(37-23-9-22-36-21-7-6-20-35)16-18-33(27,4)32(29)17-19-34(30,31)5/h25-32,36-37H,6-24,35H2,1-5H3/t26?,27-,28+,29?,30+,31?,32?,33-,34+/m0/s1. The SMILES string of the molecule is CC(C)CCCC(C)[C@H]1CCC2C3CC[C@H]4C[C@H](NCCCNCCCCN)CC[C@]4(C)C3CC[C@@]21C. The molecule has 9 atom stereocenters. The fourth-order valence-corrected chi connectivity index (χ4v) is 10.5.